The van der Waals surface area contributed by atoms with Gasteiger partial charge in [0.1, 0.15) is 22.9 Å². The molecule has 13 heteroatoms. The van der Waals surface area contributed by atoms with E-state index in [2.05, 4.69) is 14.7 Å². The van der Waals surface area contributed by atoms with E-state index in [1.807, 2.05) is 4.90 Å². The highest BCUT2D eigenvalue weighted by molar-refractivity contribution is 7.92. The molecule has 0 radical (unpaired) electrons. The molecule has 0 aliphatic carbocycles. The fourth-order valence-electron chi connectivity index (χ4n) is 4.57. The number of methoxy groups -OCH3 is 1. The molecule has 0 unspecified atom stereocenters. The topological polar surface area (TPSA) is 133 Å². The first-order valence-electron chi connectivity index (χ1n) is 12.6. The summed E-state index contributed by atoms with van der Waals surface area (Å²) in [5.74, 6) is -0.780. The first-order chi connectivity index (χ1) is 19.2. The molecule has 0 atom stereocenters. The summed E-state index contributed by atoms with van der Waals surface area (Å²) in [6.45, 7) is 3.69. The Bertz CT molecular complexity index is 1680. The molecule has 2 aromatic carbocycles. The van der Waals surface area contributed by atoms with Gasteiger partial charge in [0.15, 0.2) is 11.6 Å². The predicted octanol–water partition coefficient (Wildman–Crippen LogP) is 4.22. The van der Waals surface area contributed by atoms with Crippen LogP contribution in [-0.4, -0.2) is 62.5 Å². The third-order valence-corrected chi connectivity index (χ3v) is 7.91. The van der Waals surface area contributed by atoms with Crippen molar-refractivity contribution in [3.05, 3.63) is 54.2 Å². The number of fused-ring (bicyclic) bond motifs is 1. The van der Waals surface area contributed by atoms with E-state index >= 15 is 4.39 Å². The number of hydrogen-bond acceptors (Lipinski definition) is 9. The van der Waals surface area contributed by atoms with Crippen LogP contribution in [0.3, 0.4) is 0 Å². The molecule has 210 valence electrons. The zero-order chi connectivity index (χ0) is 28.4. The minimum Gasteiger partial charge on any atom is -0.494 e. The molecule has 2 aromatic heterocycles. The number of anilines is 3. The average Bonchev–Trinajstić information content (AvgIpc) is 2.93. The molecule has 10 nitrogen and oxygen atoms in total. The van der Waals surface area contributed by atoms with Crippen LogP contribution in [0.25, 0.3) is 33.4 Å². The Morgan fingerprint density at radius 2 is 1.85 bits per heavy atom. The molecule has 3 N–H and O–H groups in total. The normalized spacial score (nSPS) is 13.9. The number of nitrogen functional groups attached to an aromatic ring is 1. The van der Waals surface area contributed by atoms with Crippen LogP contribution < -0.4 is 20.1 Å². The van der Waals surface area contributed by atoms with Gasteiger partial charge in [-0.05, 0) is 42.3 Å². The quantitative estimate of drug-likeness (QED) is 0.299. The van der Waals surface area contributed by atoms with Gasteiger partial charge in [0, 0.05) is 24.0 Å². The monoisotopic (exact) mass is 570 g/mol. The van der Waals surface area contributed by atoms with Crippen LogP contribution in [-0.2, 0) is 14.8 Å². The Morgan fingerprint density at radius 1 is 1.07 bits per heavy atom. The van der Waals surface area contributed by atoms with Crippen molar-refractivity contribution in [1.29, 1.82) is 0 Å². The Morgan fingerprint density at radius 3 is 2.55 bits per heavy atom. The van der Waals surface area contributed by atoms with E-state index in [4.69, 9.17) is 20.2 Å². The van der Waals surface area contributed by atoms with Gasteiger partial charge in [-0.15, -0.1) is 0 Å². The second kappa shape index (κ2) is 11.2. The van der Waals surface area contributed by atoms with Gasteiger partial charge in [-0.25, -0.2) is 27.8 Å². The lowest BCUT2D eigenvalue weighted by Crippen LogP contribution is -2.37. The van der Waals surface area contributed by atoms with Crippen molar-refractivity contribution >= 4 is 38.2 Å². The Labute approximate surface area is 230 Å². The van der Waals surface area contributed by atoms with Gasteiger partial charge in [0.05, 0.1) is 37.3 Å². The molecule has 0 amide bonds. The van der Waals surface area contributed by atoms with Gasteiger partial charge in [0.2, 0.25) is 16.0 Å². The molecule has 40 heavy (non-hydrogen) atoms. The van der Waals surface area contributed by atoms with Gasteiger partial charge < -0.3 is 20.1 Å². The highest BCUT2D eigenvalue weighted by Gasteiger charge is 2.24. The van der Waals surface area contributed by atoms with E-state index in [1.54, 1.807) is 31.2 Å². The summed E-state index contributed by atoms with van der Waals surface area (Å²) in [7, 11) is -2.26. The second-order valence-electron chi connectivity index (χ2n) is 9.21. The Kier molecular flexibility index (Phi) is 7.68. The maximum atomic E-state index is 15.7. The number of benzene rings is 2. The standard InChI is InChI=1S/C27H28F2N6O4S/c1-3-13-40(36,37)34-20-6-4-5-17(23(20)28)16-14-19-24(21(15-16)38-2)32-26(18-7-8-22(30)31-25(18)29)33-27(19)35-9-11-39-12-10-35/h4-8,14-15,34H,3,9-13H2,1-2H3,(H2,30,31). The van der Waals surface area contributed by atoms with E-state index in [0.717, 1.165) is 0 Å². The molecular weight excluding hydrogens is 542 g/mol. The van der Waals surface area contributed by atoms with E-state index in [0.29, 0.717) is 60.8 Å². The van der Waals surface area contributed by atoms with Crippen molar-refractivity contribution in [2.24, 2.45) is 0 Å². The third-order valence-electron chi connectivity index (χ3n) is 6.44. The number of hydrogen-bond donors (Lipinski definition) is 2. The van der Waals surface area contributed by atoms with Gasteiger partial charge in [0.25, 0.3) is 0 Å². The fraction of sp³-hybridized carbons (Fsp3) is 0.296. The van der Waals surface area contributed by atoms with E-state index in [9.17, 15) is 12.8 Å². The number of rotatable bonds is 8. The van der Waals surface area contributed by atoms with Gasteiger partial charge in [-0.1, -0.05) is 19.1 Å². The Balaban J connectivity index is 1.71. The van der Waals surface area contributed by atoms with Crippen LogP contribution in [0.4, 0.5) is 26.1 Å². The number of morpholine rings is 1. The largest absolute Gasteiger partial charge is 0.494 e. The van der Waals surface area contributed by atoms with Crippen LogP contribution in [0.2, 0.25) is 0 Å². The van der Waals surface area contributed by atoms with Crippen LogP contribution in [0.1, 0.15) is 13.3 Å². The van der Waals surface area contributed by atoms with Gasteiger partial charge >= 0.3 is 0 Å². The van der Waals surface area contributed by atoms with Crippen molar-refractivity contribution in [3.63, 3.8) is 0 Å². The first kappa shape index (κ1) is 27.5. The minimum atomic E-state index is -3.71. The summed E-state index contributed by atoms with van der Waals surface area (Å²) in [4.78, 5) is 15.0. The zero-order valence-corrected chi connectivity index (χ0v) is 22.8. The number of halogens is 2. The van der Waals surface area contributed by atoms with Crippen LogP contribution in [0, 0.1) is 11.8 Å². The highest BCUT2D eigenvalue weighted by Crippen LogP contribution is 2.39. The summed E-state index contributed by atoms with van der Waals surface area (Å²) in [6, 6.07) is 10.7. The molecular formula is C27H28F2N6O4S. The summed E-state index contributed by atoms with van der Waals surface area (Å²) < 4.78 is 68.6. The maximum absolute atomic E-state index is 15.7. The van der Waals surface area contributed by atoms with E-state index in [-0.39, 0.29) is 34.2 Å². The average molecular weight is 571 g/mol. The lowest BCUT2D eigenvalue weighted by molar-refractivity contribution is 0.122. The molecule has 1 aliphatic heterocycles. The molecule has 1 fully saturated rings. The first-order valence-corrected chi connectivity index (χ1v) is 14.3. The van der Waals surface area contributed by atoms with Crippen LogP contribution in [0.5, 0.6) is 5.75 Å². The molecule has 3 heterocycles. The molecule has 4 aromatic rings. The summed E-state index contributed by atoms with van der Waals surface area (Å²) in [5.41, 5.74) is 6.50. The molecule has 0 bridgehead atoms. The minimum absolute atomic E-state index is 0.0268. The number of nitrogens with zero attached hydrogens (tertiary/aromatic N) is 4. The summed E-state index contributed by atoms with van der Waals surface area (Å²) in [6.07, 6.45) is 0.390. The van der Waals surface area contributed by atoms with Crippen LogP contribution in [0.15, 0.2) is 42.5 Å². The lowest BCUT2D eigenvalue weighted by Gasteiger charge is -2.29. The molecule has 0 spiro atoms. The zero-order valence-electron chi connectivity index (χ0n) is 21.9. The summed E-state index contributed by atoms with van der Waals surface area (Å²) in [5, 5.41) is 0.542. The number of sulfonamides is 1. The number of aromatic nitrogens is 3. The smallest absolute Gasteiger partial charge is 0.232 e. The number of nitrogens with two attached hydrogens (primary N) is 1. The fourth-order valence-corrected chi connectivity index (χ4v) is 5.70. The van der Waals surface area contributed by atoms with Crippen molar-refractivity contribution < 1.29 is 26.7 Å². The molecule has 0 saturated carbocycles. The van der Waals surface area contributed by atoms with E-state index < -0.39 is 21.8 Å². The number of nitrogens with one attached hydrogen (secondary N) is 1. The molecule has 1 saturated heterocycles. The third kappa shape index (κ3) is 5.47. The Hall–Kier alpha value is -4.10. The number of pyridine rings is 1. The molecule has 5 rings (SSSR count). The van der Waals surface area contributed by atoms with Gasteiger partial charge in [-0.3, -0.25) is 4.72 Å². The van der Waals surface area contributed by atoms with Crippen molar-refractivity contribution in [1.82, 2.24) is 15.0 Å². The van der Waals surface area contributed by atoms with E-state index in [1.165, 1.54) is 25.3 Å². The van der Waals surface area contributed by atoms with Crippen molar-refractivity contribution in [2.75, 3.05) is 54.5 Å². The predicted molar refractivity (Wildman–Crippen MR) is 150 cm³/mol. The lowest BCUT2D eigenvalue weighted by atomic mass is 10.0. The SMILES string of the molecule is CCCS(=O)(=O)Nc1cccc(-c2cc(OC)c3nc(-c4ccc(N)nc4F)nc(N4CCOCC4)c3c2)c1F. The number of ether oxygens (including phenoxy) is 2. The second-order valence-corrected chi connectivity index (χ2v) is 11.0. The van der Waals surface area contributed by atoms with Crippen LogP contribution >= 0.6 is 0 Å². The maximum Gasteiger partial charge on any atom is 0.232 e. The molecule has 1 aliphatic rings. The highest BCUT2D eigenvalue weighted by atomic mass is 32.2. The van der Waals surface area contributed by atoms with Crippen molar-refractivity contribution in [3.8, 4) is 28.3 Å². The summed E-state index contributed by atoms with van der Waals surface area (Å²) >= 11 is 0. The van der Waals surface area contributed by atoms with Gasteiger partial charge in [-0.2, -0.15) is 4.39 Å². The van der Waals surface area contributed by atoms with Crippen molar-refractivity contribution in [2.45, 2.75) is 13.3 Å².